The maximum atomic E-state index is 10.7. The number of aliphatic carboxylic acids is 1. The van der Waals surface area contributed by atoms with Gasteiger partial charge in [0.2, 0.25) is 0 Å². The van der Waals surface area contributed by atoms with Gasteiger partial charge >= 0.3 is 5.97 Å². The van der Waals surface area contributed by atoms with E-state index in [1.54, 1.807) is 6.92 Å². The van der Waals surface area contributed by atoms with Gasteiger partial charge in [0.05, 0.1) is 12.7 Å². The fourth-order valence-corrected chi connectivity index (χ4v) is 1.98. The number of hydrogen-bond acceptors (Lipinski definition) is 4. The summed E-state index contributed by atoms with van der Waals surface area (Å²) in [6, 6.07) is -0.515. The summed E-state index contributed by atoms with van der Waals surface area (Å²) in [5.74, 6) is -0.167. The molecular weight excluding hydrogens is 220 g/mol. The molecule has 0 aromatic carbocycles. The van der Waals surface area contributed by atoms with E-state index < -0.39 is 12.0 Å². The average Bonchev–Trinajstić information content (AvgIpc) is 2.25. The first-order valence-corrected chi connectivity index (χ1v) is 6.29. The van der Waals surface area contributed by atoms with Crippen LogP contribution in [0.25, 0.3) is 0 Å². The number of rotatable bonds is 6. The molecule has 0 aromatic heterocycles. The van der Waals surface area contributed by atoms with Crippen molar-refractivity contribution < 1.29 is 14.6 Å². The number of carbonyl (C=O) groups is 1. The summed E-state index contributed by atoms with van der Waals surface area (Å²) >= 11 is 0. The van der Waals surface area contributed by atoms with Gasteiger partial charge in [-0.15, -0.1) is 0 Å². The first kappa shape index (κ1) is 14.4. The molecule has 1 rings (SSSR count). The summed E-state index contributed by atoms with van der Waals surface area (Å²) in [4.78, 5) is 13.0. The van der Waals surface area contributed by atoms with Gasteiger partial charge in [0.1, 0.15) is 6.04 Å². The van der Waals surface area contributed by atoms with E-state index in [-0.39, 0.29) is 6.10 Å². The first-order chi connectivity index (χ1) is 7.99. The summed E-state index contributed by atoms with van der Waals surface area (Å²) in [7, 11) is 0. The van der Waals surface area contributed by atoms with Gasteiger partial charge in [0.15, 0.2) is 0 Å². The maximum Gasteiger partial charge on any atom is 0.320 e. The van der Waals surface area contributed by atoms with Gasteiger partial charge in [-0.25, -0.2) is 0 Å². The fraction of sp³-hybridized carbons (Fsp3) is 0.917. The highest BCUT2D eigenvalue weighted by molar-refractivity contribution is 5.72. The summed E-state index contributed by atoms with van der Waals surface area (Å²) in [6.07, 6.45) is 0.101. The van der Waals surface area contributed by atoms with Crippen molar-refractivity contribution in [1.82, 2.24) is 10.2 Å². The number of nitrogens with one attached hydrogen (secondary N) is 1. The molecule has 100 valence electrons. The Balaban J connectivity index is 2.27. The lowest BCUT2D eigenvalue weighted by Crippen LogP contribution is -2.49. The van der Waals surface area contributed by atoms with Gasteiger partial charge in [-0.3, -0.25) is 9.69 Å². The number of morpholine rings is 1. The number of carboxylic acid groups (broad SMARTS) is 1. The zero-order valence-electron chi connectivity index (χ0n) is 11.0. The first-order valence-electron chi connectivity index (χ1n) is 6.29. The second-order valence-corrected chi connectivity index (χ2v) is 5.11. The van der Waals surface area contributed by atoms with Gasteiger partial charge in [0.25, 0.3) is 0 Å². The zero-order valence-corrected chi connectivity index (χ0v) is 11.0. The highest BCUT2D eigenvalue weighted by Gasteiger charge is 2.22. The third-order valence-electron chi connectivity index (χ3n) is 2.87. The van der Waals surface area contributed by atoms with Crippen LogP contribution in [0.2, 0.25) is 0 Å². The molecule has 2 atom stereocenters. The van der Waals surface area contributed by atoms with Crippen molar-refractivity contribution in [2.24, 2.45) is 5.92 Å². The van der Waals surface area contributed by atoms with Crippen molar-refractivity contribution in [3.63, 3.8) is 0 Å². The Kier molecular flexibility index (Phi) is 5.88. The lowest BCUT2D eigenvalue weighted by molar-refractivity contribution is -0.139. The van der Waals surface area contributed by atoms with Crippen LogP contribution in [0.3, 0.4) is 0 Å². The molecular formula is C12H24N2O3. The number of nitrogens with zero attached hydrogens (tertiary/aromatic N) is 1. The molecule has 0 aliphatic carbocycles. The predicted molar refractivity (Wildman–Crippen MR) is 66.1 cm³/mol. The van der Waals surface area contributed by atoms with Crippen molar-refractivity contribution in [1.29, 1.82) is 0 Å². The topological polar surface area (TPSA) is 61.8 Å². The fourth-order valence-electron chi connectivity index (χ4n) is 1.98. The molecule has 2 N–H and O–H groups in total. The molecule has 0 amide bonds. The quantitative estimate of drug-likeness (QED) is 0.708. The Morgan fingerprint density at radius 3 is 2.82 bits per heavy atom. The SMILES string of the molecule is CC(C)CN1CCOC(CN[C@H](C)C(=O)O)C1. The molecule has 0 radical (unpaired) electrons. The van der Waals surface area contributed by atoms with Gasteiger partial charge < -0.3 is 15.2 Å². The van der Waals surface area contributed by atoms with E-state index >= 15 is 0 Å². The normalized spacial score (nSPS) is 23.9. The molecule has 0 saturated carbocycles. The van der Waals surface area contributed by atoms with Crippen molar-refractivity contribution in [2.75, 3.05) is 32.8 Å². The molecule has 1 saturated heterocycles. The predicted octanol–water partition coefficient (Wildman–Crippen LogP) is 0.406. The van der Waals surface area contributed by atoms with Crippen molar-refractivity contribution in [3.8, 4) is 0 Å². The average molecular weight is 244 g/mol. The van der Waals surface area contributed by atoms with E-state index in [1.807, 2.05) is 0 Å². The minimum Gasteiger partial charge on any atom is -0.480 e. The molecule has 0 aromatic rings. The Morgan fingerprint density at radius 1 is 1.53 bits per heavy atom. The van der Waals surface area contributed by atoms with Crippen LogP contribution in [-0.4, -0.2) is 60.9 Å². The lowest BCUT2D eigenvalue weighted by Gasteiger charge is -2.34. The molecule has 0 spiro atoms. The van der Waals surface area contributed by atoms with Gasteiger partial charge in [-0.2, -0.15) is 0 Å². The molecule has 1 aliphatic rings. The monoisotopic (exact) mass is 244 g/mol. The van der Waals surface area contributed by atoms with Gasteiger partial charge in [0, 0.05) is 26.2 Å². The Morgan fingerprint density at radius 2 is 2.24 bits per heavy atom. The molecule has 17 heavy (non-hydrogen) atoms. The second-order valence-electron chi connectivity index (χ2n) is 5.11. The van der Waals surface area contributed by atoms with E-state index in [0.29, 0.717) is 12.5 Å². The van der Waals surface area contributed by atoms with Crippen LogP contribution < -0.4 is 5.32 Å². The summed E-state index contributed by atoms with van der Waals surface area (Å²) in [6.45, 7) is 10.3. The van der Waals surface area contributed by atoms with Gasteiger partial charge in [-0.1, -0.05) is 13.8 Å². The molecule has 1 heterocycles. The van der Waals surface area contributed by atoms with Crippen LogP contribution in [0.5, 0.6) is 0 Å². The Hall–Kier alpha value is -0.650. The highest BCUT2D eigenvalue weighted by atomic mass is 16.5. The minimum atomic E-state index is -0.820. The lowest BCUT2D eigenvalue weighted by atomic mass is 10.1. The molecule has 1 aliphatic heterocycles. The van der Waals surface area contributed by atoms with Crippen LogP contribution in [0.1, 0.15) is 20.8 Å². The van der Waals surface area contributed by atoms with E-state index in [2.05, 4.69) is 24.1 Å². The maximum absolute atomic E-state index is 10.7. The van der Waals surface area contributed by atoms with Crippen LogP contribution in [0.15, 0.2) is 0 Å². The van der Waals surface area contributed by atoms with E-state index in [4.69, 9.17) is 9.84 Å². The summed E-state index contributed by atoms with van der Waals surface area (Å²) in [5, 5.41) is 11.7. The molecule has 5 nitrogen and oxygen atoms in total. The smallest absolute Gasteiger partial charge is 0.320 e. The molecule has 1 unspecified atom stereocenters. The largest absolute Gasteiger partial charge is 0.480 e. The second kappa shape index (κ2) is 6.93. The summed E-state index contributed by atoms with van der Waals surface area (Å²) in [5.41, 5.74) is 0. The summed E-state index contributed by atoms with van der Waals surface area (Å²) < 4.78 is 5.62. The van der Waals surface area contributed by atoms with Crippen LogP contribution in [0.4, 0.5) is 0 Å². The molecule has 0 bridgehead atoms. The third kappa shape index (κ3) is 5.48. The number of ether oxygens (including phenoxy) is 1. The van der Waals surface area contributed by atoms with E-state index in [0.717, 1.165) is 26.2 Å². The van der Waals surface area contributed by atoms with Crippen LogP contribution in [0, 0.1) is 5.92 Å². The number of carboxylic acids is 1. The Bertz CT molecular complexity index is 246. The van der Waals surface area contributed by atoms with Crippen LogP contribution in [-0.2, 0) is 9.53 Å². The zero-order chi connectivity index (χ0) is 12.8. The molecule has 5 heteroatoms. The highest BCUT2D eigenvalue weighted by Crippen LogP contribution is 2.07. The third-order valence-corrected chi connectivity index (χ3v) is 2.87. The van der Waals surface area contributed by atoms with Crippen molar-refractivity contribution in [2.45, 2.75) is 32.9 Å². The number of hydrogen-bond donors (Lipinski definition) is 2. The standard InChI is InChI=1S/C12H24N2O3/c1-9(2)7-14-4-5-17-11(8-14)6-13-10(3)12(15)16/h9-11,13H,4-8H2,1-3H3,(H,15,16)/t10-,11?/m1/s1. The van der Waals surface area contributed by atoms with Crippen LogP contribution >= 0.6 is 0 Å². The minimum absolute atomic E-state index is 0.101. The van der Waals surface area contributed by atoms with Crippen molar-refractivity contribution >= 4 is 5.97 Å². The van der Waals surface area contributed by atoms with E-state index in [9.17, 15) is 4.79 Å². The van der Waals surface area contributed by atoms with Gasteiger partial charge in [-0.05, 0) is 12.8 Å². The Labute approximate surface area is 103 Å². The molecule has 1 fully saturated rings. The van der Waals surface area contributed by atoms with Crippen molar-refractivity contribution in [3.05, 3.63) is 0 Å². The van der Waals surface area contributed by atoms with E-state index in [1.165, 1.54) is 0 Å².